The molecule has 0 spiro atoms. The van der Waals surface area contributed by atoms with Crippen LogP contribution in [0.15, 0.2) is 53.3 Å². The van der Waals surface area contributed by atoms with Gasteiger partial charge < -0.3 is 15.1 Å². The van der Waals surface area contributed by atoms with Gasteiger partial charge in [-0.3, -0.25) is 9.36 Å². The molecule has 2 aromatic carbocycles. The van der Waals surface area contributed by atoms with Crippen LogP contribution in [0, 0.1) is 23.3 Å². The van der Waals surface area contributed by atoms with Gasteiger partial charge in [-0.15, -0.1) is 0 Å². The minimum absolute atomic E-state index is 0.00159. The summed E-state index contributed by atoms with van der Waals surface area (Å²) in [6.45, 7) is -1.19. The van der Waals surface area contributed by atoms with Crippen LogP contribution < -0.4 is 10.5 Å². The molecule has 33 heavy (non-hydrogen) atoms. The van der Waals surface area contributed by atoms with Gasteiger partial charge in [0.15, 0.2) is 17.3 Å². The van der Waals surface area contributed by atoms with E-state index in [1.807, 2.05) is 0 Å². The highest BCUT2D eigenvalue weighted by molar-refractivity contribution is 5.92. The maximum absolute atomic E-state index is 14.6. The molecule has 0 saturated carbocycles. The molecule has 0 aliphatic heterocycles. The third kappa shape index (κ3) is 4.03. The number of anilines is 1. The third-order valence-electron chi connectivity index (χ3n) is 4.90. The van der Waals surface area contributed by atoms with Crippen molar-refractivity contribution in [2.45, 2.75) is 0 Å². The number of pyridine rings is 1. The molecular weight excluding hydrogens is 444 g/mol. The molecule has 4 rings (SSSR count). The van der Waals surface area contributed by atoms with Crippen LogP contribution in [0.3, 0.4) is 0 Å². The molecule has 0 aliphatic carbocycles. The summed E-state index contributed by atoms with van der Waals surface area (Å²) >= 11 is 0. The maximum Gasteiger partial charge on any atom is 0.256 e. The largest absolute Gasteiger partial charge is 0.395 e. The van der Waals surface area contributed by atoms with E-state index in [0.29, 0.717) is 16.7 Å². The highest BCUT2D eigenvalue weighted by Gasteiger charge is 2.22. The van der Waals surface area contributed by atoms with Crippen LogP contribution in [0.25, 0.3) is 28.0 Å². The van der Waals surface area contributed by atoms with Crippen molar-refractivity contribution in [3.63, 3.8) is 0 Å². The number of aliphatic hydroxyl groups excluding tert-OH is 2. The van der Waals surface area contributed by atoms with Crippen molar-refractivity contribution < 1.29 is 27.8 Å². The monoisotopic (exact) mass is 460 g/mol. The fourth-order valence-corrected chi connectivity index (χ4v) is 3.42. The quantitative estimate of drug-likeness (QED) is 0.340. The van der Waals surface area contributed by atoms with Crippen molar-refractivity contribution in [2.75, 3.05) is 24.8 Å². The predicted molar refractivity (Wildman–Crippen MR) is 112 cm³/mol. The first-order chi connectivity index (χ1) is 15.8. The molecule has 0 saturated heterocycles. The lowest BCUT2D eigenvalue weighted by Gasteiger charge is -2.21. The second-order valence-electron chi connectivity index (χ2n) is 6.94. The fourth-order valence-electron chi connectivity index (χ4n) is 3.42. The van der Waals surface area contributed by atoms with Crippen LogP contribution in [0.1, 0.15) is 0 Å². The molecule has 4 aromatic rings. The van der Waals surface area contributed by atoms with Gasteiger partial charge in [0, 0.05) is 35.7 Å². The van der Waals surface area contributed by atoms with E-state index in [0.717, 1.165) is 11.0 Å². The van der Waals surface area contributed by atoms with Crippen LogP contribution in [0.5, 0.6) is 0 Å². The molecule has 0 amide bonds. The Morgan fingerprint density at radius 3 is 2.24 bits per heavy atom. The first-order valence-corrected chi connectivity index (χ1v) is 9.66. The summed E-state index contributed by atoms with van der Waals surface area (Å²) in [5.74, 6) is -4.80. The molecular formula is C22H16F4N4O3. The average molecular weight is 460 g/mol. The van der Waals surface area contributed by atoms with E-state index in [9.17, 15) is 32.6 Å². The Balaban J connectivity index is 2.15. The predicted octanol–water partition coefficient (Wildman–Crippen LogP) is 2.75. The first kappa shape index (κ1) is 22.4. The average Bonchev–Trinajstić information content (AvgIpc) is 2.78. The van der Waals surface area contributed by atoms with Crippen molar-refractivity contribution in [1.82, 2.24) is 14.5 Å². The number of halogens is 4. The standard InChI is InChI=1S/C22H16F4N4O3/c23-12-9-16(25)20(17(26)10-12)30-18(33)6-5-14-19(13-3-1-2-4-15(13)24)27-22(28-21(14)30)29(11-32)7-8-31/h1-6,9-10,31-32H,7-8,11H2. The Labute approximate surface area is 183 Å². The molecule has 2 N–H and O–H groups in total. The molecule has 0 atom stereocenters. The number of nitrogens with zero attached hydrogens (tertiary/aromatic N) is 4. The number of aliphatic hydroxyl groups is 2. The third-order valence-corrected chi connectivity index (χ3v) is 4.90. The minimum atomic E-state index is -1.36. The van der Waals surface area contributed by atoms with E-state index in [4.69, 9.17) is 0 Å². The summed E-state index contributed by atoms with van der Waals surface area (Å²) in [7, 11) is 0. The van der Waals surface area contributed by atoms with Gasteiger partial charge in [0.1, 0.15) is 24.1 Å². The summed E-state index contributed by atoms with van der Waals surface area (Å²) in [6.07, 6.45) is 0. The SMILES string of the molecule is O=c1ccc2c(-c3ccccc3F)nc(N(CO)CCO)nc2n1-c1c(F)cc(F)cc1F. The van der Waals surface area contributed by atoms with Gasteiger partial charge in [-0.05, 0) is 18.2 Å². The molecule has 0 radical (unpaired) electrons. The molecule has 11 heteroatoms. The van der Waals surface area contributed by atoms with Crippen molar-refractivity contribution in [2.24, 2.45) is 0 Å². The first-order valence-electron chi connectivity index (χ1n) is 9.66. The lowest BCUT2D eigenvalue weighted by Crippen LogP contribution is -2.30. The van der Waals surface area contributed by atoms with E-state index in [2.05, 4.69) is 9.97 Å². The summed E-state index contributed by atoms with van der Waals surface area (Å²) in [4.78, 5) is 22.3. The van der Waals surface area contributed by atoms with Crippen molar-refractivity contribution in [3.05, 3.63) is 82.2 Å². The Hall–Kier alpha value is -3.83. The molecule has 2 heterocycles. The maximum atomic E-state index is 14.6. The summed E-state index contributed by atoms with van der Waals surface area (Å²) in [6, 6.07) is 8.67. The summed E-state index contributed by atoms with van der Waals surface area (Å²) in [5.41, 5.74) is -2.12. The number of rotatable bonds is 6. The minimum Gasteiger partial charge on any atom is -0.395 e. The molecule has 0 fully saturated rings. The number of hydrogen-bond acceptors (Lipinski definition) is 6. The smallest absolute Gasteiger partial charge is 0.256 e. The van der Waals surface area contributed by atoms with Gasteiger partial charge in [0.2, 0.25) is 5.95 Å². The lowest BCUT2D eigenvalue weighted by atomic mass is 10.1. The Bertz CT molecular complexity index is 1390. The van der Waals surface area contributed by atoms with Crippen LogP contribution in [-0.4, -0.2) is 44.6 Å². The Morgan fingerprint density at radius 2 is 1.61 bits per heavy atom. The van der Waals surface area contributed by atoms with Gasteiger partial charge in [-0.2, -0.15) is 4.98 Å². The highest BCUT2D eigenvalue weighted by atomic mass is 19.1. The molecule has 7 nitrogen and oxygen atoms in total. The molecule has 0 unspecified atom stereocenters. The zero-order chi connectivity index (χ0) is 23.7. The van der Waals surface area contributed by atoms with E-state index >= 15 is 0 Å². The number of benzene rings is 2. The van der Waals surface area contributed by atoms with Crippen LogP contribution >= 0.6 is 0 Å². The van der Waals surface area contributed by atoms with Crippen molar-refractivity contribution in [3.8, 4) is 16.9 Å². The number of fused-ring (bicyclic) bond motifs is 1. The van der Waals surface area contributed by atoms with Crippen LogP contribution in [0.4, 0.5) is 23.5 Å². The zero-order valence-corrected chi connectivity index (χ0v) is 16.8. The lowest BCUT2D eigenvalue weighted by molar-refractivity contribution is 0.256. The summed E-state index contributed by atoms with van der Waals surface area (Å²) in [5, 5.41) is 19.0. The van der Waals surface area contributed by atoms with E-state index in [-0.39, 0.29) is 34.8 Å². The van der Waals surface area contributed by atoms with Gasteiger partial charge in [-0.25, -0.2) is 22.5 Å². The molecule has 170 valence electrons. The topological polar surface area (TPSA) is 91.5 Å². The summed E-state index contributed by atoms with van der Waals surface area (Å²) < 4.78 is 57.9. The second kappa shape index (κ2) is 8.96. The highest BCUT2D eigenvalue weighted by Crippen LogP contribution is 2.31. The number of aromatic nitrogens is 3. The zero-order valence-electron chi connectivity index (χ0n) is 16.8. The Kier molecular flexibility index (Phi) is 6.07. The number of hydrogen-bond donors (Lipinski definition) is 2. The van der Waals surface area contributed by atoms with Crippen LogP contribution in [0.2, 0.25) is 0 Å². The van der Waals surface area contributed by atoms with Gasteiger partial charge in [0.05, 0.1) is 12.3 Å². The molecule has 0 aliphatic rings. The van der Waals surface area contributed by atoms with E-state index in [1.54, 1.807) is 6.07 Å². The van der Waals surface area contributed by atoms with Crippen molar-refractivity contribution >= 4 is 17.0 Å². The normalized spacial score (nSPS) is 11.2. The van der Waals surface area contributed by atoms with Gasteiger partial charge >= 0.3 is 0 Å². The molecule has 0 bridgehead atoms. The van der Waals surface area contributed by atoms with E-state index in [1.165, 1.54) is 24.3 Å². The van der Waals surface area contributed by atoms with Crippen molar-refractivity contribution in [1.29, 1.82) is 0 Å². The Morgan fingerprint density at radius 1 is 0.909 bits per heavy atom. The van der Waals surface area contributed by atoms with Gasteiger partial charge in [-0.1, -0.05) is 12.1 Å². The van der Waals surface area contributed by atoms with Crippen LogP contribution in [-0.2, 0) is 0 Å². The van der Waals surface area contributed by atoms with Gasteiger partial charge in [0.25, 0.3) is 5.56 Å². The second-order valence-corrected chi connectivity index (χ2v) is 6.94. The van der Waals surface area contributed by atoms with E-state index < -0.39 is 47.9 Å². The fraction of sp³-hybridized carbons (Fsp3) is 0.136. The molecule has 2 aromatic heterocycles.